The monoisotopic (exact) mass is 775 g/mol. The Hall–Kier alpha value is -2.55. The van der Waals surface area contributed by atoms with Gasteiger partial charge >= 0.3 is 158 Å². The topological polar surface area (TPSA) is 50.2 Å². The van der Waals surface area contributed by atoms with Crippen LogP contribution in [0.1, 0.15) is 66.5 Å². The maximum Gasteiger partial charge on any atom is 0 e. The zero-order valence-electron chi connectivity index (χ0n) is 24.4. The molecular formula is C35H36IrNO2Se-. The van der Waals surface area contributed by atoms with Gasteiger partial charge in [-0.2, -0.15) is 0 Å². The van der Waals surface area contributed by atoms with E-state index in [4.69, 9.17) is 4.98 Å². The number of hydrogen-bond donors (Lipinski definition) is 1. The first-order valence-corrected chi connectivity index (χ1v) is 15.1. The first kappa shape index (κ1) is 30.4. The third-order valence-corrected chi connectivity index (χ3v) is 9.92. The summed E-state index contributed by atoms with van der Waals surface area (Å²) in [6.07, 6.45) is 3.36. The number of hydrogen-bond acceptors (Lipinski definition) is 3. The van der Waals surface area contributed by atoms with Crippen molar-refractivity contribution < 1.29 is 30.0 Å². The third kappa shape index (κ3) is 5.26. The Kier molecular flexibility index (Phi) is 8.13. The van der Waals surface area contributed by atoms with Crippen LogP contribution in [-0.4, -0.2) is 30.4 Å². The van der Waals surface area contributed by atoms with Gasteiger partial charge in [0.2, 0.25) is 0 Å². The van der Waals surface area contributed by atoms with Crippen LogP contribution < -0.4 is 0 Å². The standard InChI is InChI=1S/C24H16NSe.C11H20O2.Ir/c1-24(2)17-10-6-12-19-21(17)20-16(9-5-11-18(20)26-19)23-22(24)15-8-4-3-7-14(15)13-25-23;1-10(2,3)8(12)7-9(13)11(4,5)6;/h3-8,10-13H,1-2H3;7,12H,1-6H3;/q-1;;/b;8-7-;. The predicted octanol–water partition coefficient (Wildman–Crippen LogP) is 8.79. The van der Waals surface area contributed by atoms with Crippen molar-refractivity contribution in [2.75, 3.05) is 0 Å². The molecule has 3 aromatic carbocycles. The summed E-state index contributed by atoms with van der Waals surface area (Å²) in [5.74, 6) is 0.104. The average Bonchev–Trinajstić information content (AvgIpc) is 3.22. The van der Waals surface area contributed by atoms with E-state index in [1.54, 1.807) is 0 Å². The van der Waals surface area contributed by atoms with Gasteiger partial charge < -0.3 is 5.11 Å². The van der Waals surface area contributed by atoms with Gasteiger partial charge in [0.25, 0.3) is 0 Å². The Morgan fingerprint density at radius 3 is 2.27 bits per heavy atom. The SMILES string of the molecule is CC(C)(C)C(=O)/C=C(\O)C(C)(C)C.CC1(C)c2c(ncc3ccccc23)-c2[c-]ccc3[se]c4cccc1c4c23.[Ir]. The molecule has 1 radical (unpaired) electrons. The number of fused-ring (bicyclic) bond motifs is 4. The van der Waals surface area contributed by atoms with E-state index >= 15 is 0 Å². The van der Waals surface area contributed by atoms with Crippen LogP contribution >= 0.6 is 0 Å². The molecule has 0 spiro atoms. The summed E-state index contributed by atoms with van der Waals surface area (Å²) in [6.45, 7) is 15.8. The number of pyridine rings is 1. The molecule has 0 atom stereocenters. The van der Waals surface area contributed by atoms with Crippen LogP contribution in [0, 0.1) is 16.9 Å². The van der Waals surface area contributed by atoms with Crippen LogP contribution in [-0.2, 0) is 30.3 Å². The minimum absolute atomic E-state index is 0. The van der Waals surface area contributed by atoms with Crippen LogP contribution in [0.25, 0.3) is 41.3 Å². The molecule has 5 aromatic rings. The van der Waals surface area contributed by atoms with Gasteiger partial charge in [-0.3, -0.25) is 4.79 Å². The number of ketones is 1. The number of carbonyl (C=O) groups is 1. The normalized spacial score (nSPS) is 14.3. The van der Waals surface area contributed by atoms with Gasteiger partial charge in [0, 0.05) is 37.0 Å². The first-order valence-electron chi connectivity index (χ1n) is 13.4. The van der Waals surface area contributed by atoms with Crippen LogP contribution in [0.2, 0.25) is 0 Å². The number of allylic oxidation sites excluding steroid dienone is 2. The second-order valence-electron chi connectivity index (χ2n) is 13.0. The Balaban J connectivity index is 0.000000229. The first-order chi connectivity index (χ1) is 18.2. The van der Waals surface area contributed by atoms with Crippen molar-refractivity contribution >= 4 is 50.4 Å². The molecule has 0 amide bonds. The molecule has 0 bridgehead atoms. The molecule has 40 heavy (non-hydrogen) atoms. The van der Waals surface area contributed by atoms with Crippen molar-refractivity contribution in [2.24, 2.45) is 10.8 Å². The summed E-state index contributed by atoms with van der Waals surface area (Å²) in [6, 6.07) is 23.4. The average molecular weight is 774 g/mol. The minimum atomic E-state index is -0.417. The molecule has 0 saturated heterocycles. The fourth-order valence-electron chi connectivity index (χ4n) is 5.19. The maximum atomic E-state index is 11.5. The van der Waals surface area contributed by atoms with Crippen molar-refractivity contribution in [3.63, 3.8) is 0 Å². The van der Waals surface area contributed by atoms with Gasteiger partial charge in [-0.1, -0.05) is 41.5 Å². The number of aliphatic hydroxyl groups excluding tert-OH is 1. The summed E-state index contributed by atoms with van der Waals surface area (Å²) < 4.78 is 2.96. The van der Waals surface area contributed by atoms with Crippen LogP contribution in [0.5, 0.6) is 0 Å². The van der Waals surface area contributed by atoms with E-state index in [-0.39, 0.29) is 42.5 Å². The second kappa shape index (κ2) is 10.7. The van der Waals surface area contributed by atoms with Crippen molar-refractivity contribution in [3.8, 4) is 11.3 Å². The molecule has 0 aliphatic heterocycles. The molecule has 0 unspecified atom stereocenters. The molecule has 209 valence electrons. The quantitative estimate of drug-likeness (QED) is 0.0803. The van der Waals surface area contributed by atoms with Gasteiger partial charge in [0.15, 0.2) is 5.78 Å². The van der Waals surface area contributed by atoms with Crippen molar-refractivity contribution in [1.29, 1.82) is 0 Å². The molecular weight excluding hydrogens is 738 g/mol. The zero-order valence-corrected chi connectivity index (χ0v) is 28.5. The third-order valence-electron chi connectivity index (χ3n) is 7.57. The maximum absolute atomic E-state index is 11.5. The van der Waals surface area contributed by atoms with Gasteiger partial charge in [-0.05, 0) is 0 Å². The molecule has 3 nitrogen and oxygen atoms in total. The van der Waals surface area contributed by atoms with E-state index in [2.05, 4.69) is 74.5 Å². The van der Waals surface area contributed by atoms with Gasteiger partial charge in [0.1, 0.15) is 5.76 Å². The molecule has 1 aliphatic carbocycles. The Bertz CT molecular complexity index is 1780. The van der Waals surface area contributed by atoms with E-state index in [9.17, 15) is 9.90 Å². The van der Waals surface area contributed by atoms with Crippen LogP contribution in [0.15, 0.2) is 72.6 Å². The van der Waals surface area contributed by atoms with Crippen LogP contribution in [0.4, 0.5) is 0 Å². The van der Waals surface area contributed by atoms with Crippen molar-refractivity contribution in [1.82, 2.24) is 4.98 Å². The number of benzene rings is 3. The summed E-state index contributed by atoms with van der Waals surface area (Å²) in [7, 11) is 0. The molecule has 5 heteroatoms. The number of rotatable bonds is 1. The second-order valence-corrected chi connectivity index (χ2v) is 15.2. The molecule has 2 aromatic heterocycles. The van der Waals surface area contributed by atoms with E-state index in [0.717, 1.165) is 5.69 Å². The minimum Gasteiger partial charge on any atom is 0 e. The summed E-state index contributed by atoms with van der Waals surface area (Å²) >= 11 is 0.370. The van der Waals surface area contributed by atoms with Crippen LogP contribution in [0.3, 0.4) is 0 Å². The smallest absolute Gasteiger partial charge is 0 e. The summed E-state index contributed by atoms with van der Waals surface area (Å²) in [4.78, 5) is 16.5. The largest absolute Gasteiger partial charge is 0 e. The number of carbonyl (C=O) groups excluding carboxylic acids is 1. The Morgan fingerprint density at radius 1 is 0.925 bits per heavy atom. The molecule has 6 rings (SSSR count). The summed E-state index contributed by atoms with van der Waals surface area (Å²) in [5, 5.41) is 14.9. The fraction of sp³-hybridized carbons (Fsp3) is 0.314. The van der Waals surface area contributed by atoms with Gasteiger partial charge in [0.05, 0.1) is 0 Å². The molecule has 1 N–H and O–H groups in total. The molecule has 2 heterocycles. The van der Waals surface area contributed by atoms with Gasteiger partial charge in [-0.15, -0.1) is 0 Å². The van der Waals surface area contributed by atoms with E-state index in [1.165, 1.54) is 52.8 Å². The predicted molar refractivity (Wildman–Crippen MR) is 165 cm³/mol. The molecule has 1 aliphatic rings. The number of aliphatic hydroxyl groups is 1. The van der Waals surface area contributed by atoms with E-state index in [0.29, 0.717) is 14.5 Å². The Morgan fingerprint density at radius 2 is 1.60 bits per heavy atom. The Labute approximate surface area is 256 Å². The van der Waals surface area contributed by atoms with Gasteiger partial charge in [-0.25, -0.2) is 0 Å². The fourth-order valence-corrected chi connectivity index (χ4v) is 7.58. The molecule has 0 fully saturated rings. The number of nitrogens with zero attached hydrogens (tertiary/aromatic N) is 1. The van der Waals surface area contributed by atoms with Crippen molar-refractivity contribution in [2.45, 2.75) is 60.8 Å². The summed E-state index contributed by atoms with van der Waals surface area (Å²) in [5.41, 5.74) is 4.16. The zero-order chi connectivity index (χ0) is 28.3. The van der Waals surface area contributed by atoms with E-state index < -0.39 is 5.41 Å². The van der Waals surface area contributed by atoms with E-state index in [1.807, 2.05) is 47.7 Å². The number of aromatic nitrogens is 1. The van der Waals surface area contributed by atoms with Crippen molar-refractivity contribution in [3.05, 3.63) is 89.8 Å². The molecule has 0 saturated carbocycles.